The van der Waals surface area contributed by atoms with Crippen molar-refractivity contribution in [2.45, 2.75) is 139 Å². The standard InChI is InChI=1S/C35H64N6O/c1-27-36-30(40-17-19-42-20-18-40)38-31(37-27)41(29-23-34(6,7)26-35(8,9)24-29)16-14-12-11-13-15-39(10)28-21-32(2,3)25-33(4,5)22-28/h28-29H,11-26H2,1-10H3. The quantitative estimate of drug-likeness (QED) is 0.249. The third kappa shape index (κ3) is 9.51. The Hall–Kier alpha value is -1.47. The van der Waals surface area contributed by atoms with Crippen LogP contribution in [0.2, 0.25) is 0 Å². The number of aryl methyl sites for hydroxylation is 1. The Morgan fingerprint density at radius 3 is 1.74 bits per heavy atom. The van der Waals surface area contributed by atoms with Gasteiger partial charge in [0.15, 0.2) is 0 Å². The molecule has 1 aliphatic heterocycles. The summed E-state index contributed by atoms with van der Waals surface area (Å²) in [6.07, 6.45) is 12.6. The number of nitrogens with zero attached hydrogens (tertiary/aromatic N) is 6. The van der Waals surface area contributed by atoms with Crippen LogP contribution in [0.25, 0.3) is 0 Å². The number of rotatable bonds is 11. The average Bonchev–Trinajstić information content (AvgIpc) is 2.84. The maximum absolute atomic E-state index is 5.60. The summed E-state index contributed by atoms with van der Waals surface area (Å²) in [5.74, 6) is 2.51. The lowest BCUT2D eigenvalue weighted by atomic mass is 9.63. The highest BCUT2D eigenvalue weighted by Crippen LogP contribution is 2.48. The van der Waals surface area contributed by atoms with E-state index in [4.69, 9.17) is 19.7 Å². The molecule has 0 bridgehead atoms. The first-order valence-corrected chi connectivity index (χ1v) is 17.1. The molecular weight excluding hydrogens is 520 g/mol. The van der Waals surface area contributed by atoms with Crippen LogP contribution >= 0.6 is 0 Å². The number of aromatic nitrogens is 3. The summed E-state index contributed by atoms with van der Waals surface area (Å²) in [7, 11) is 2.37. The molecule has 42 heavy (non-hydrogen) atoms. The molecule has 0 unspecified atom stereocenters. The number of ether oxygens (including phenoxy) is 1. The van der Waals surface area contributed by atoms with E-state index < -0.39 is 0 Å². The molecule has 1 saturated heterocycles. The normalized spacial score (nSPS) is 24.2. The summed E-state index contributed by atoms with van der Waals surface area (Å²) < 4.78 is 5.60. The van der Waals surface area contributed by atoms with E-state index in [9.17, 15) is 0 Å². The highest BCUT2D eigenvalue weighted by Gasteiger charge is 2.42. The van der Waals surface area contributed by atoms with E-state index in [0.29, 0.717) is 33.7 Å². The minimum atomic E-state index is 0.312. The molecule has 2 saturated carbocycles. The Balaban J connectivity index is 1.38. The predicted octanol–water partition coefficient (Wildman–Crippen LogP) is 7.53. The average molecular weight is 585 g/mol. The van der Waals surface area contributed by atoms with Gasteiger partial charge in [0.2, 0.25) is 11.9 Å². The number of unbranched alkanes of at least 4 members (excludes halogenated alkanes) is 3. The van der Waals surface area contributed by atoms with Gasteiger partial charge in [-0.15, -0.1) is 0 Å². The molecule has 7 heteroatoms. The summed E-state index contributed by atoms with van der Waals surface area (Å²) in [5.41, 5.74) is 1.52. The Morgan fingerprint density at radius 2 is 1.19 bits per heavy atom. The first-order chi connectivity index (χ1) is 19.5. The number of hydrogen-bond acceptors (Lipinski definition) is 7. The fraction of sp³-hybridized carbons (Fsp3) is 0.914. The molecule has 0 atom stereocenters. The number of hydrogen-bond donors (Lipinski definition) is 0. The first kappa shape index (κ1) is 33.4. The van der Waals surface area contributed by atoms with Gasteiger partial charge >= 0.3 is 0 Å². The first-order valence-electron chi connectivity index (χ1n) is 17.1. The van der Waals surface area contributed by atoms with Crippen LogP contribution in [-0.2, 0) is 4.74 Å². The van der Waals surface area contributed by atoms with Crippen molar-refractivity contribution < 1.29 is 4.74 Å². The fourth-order valence-electron chi connectivity index (χ4n) is 9.22. The third-order valence-corrected chi connectivity index (χ3v) is 10.1. The van der Waals surface area contributed by atoms with Crippen LogP contribution in [0, 0.1) is 28.6 Å². The predicted molar refractivity (Wildman–Crippen MR) is 176 cm³/mol. The largest absolute Gasteiger partial charge is 0.378 e. The molecule has 4 rings (SSSR count). The van der Waals surface area contributed by atoms with Crippen LogP contribution in [0.5, 0.6) is 0 Å². The Kier molecular flexibility index (Phi) is 10.6. The van der Waals surface area contributed by atoms with Gasteiger partial charge in [-0.2, -0.15) is 15.0 Å². The summed E-state index contributed by atoms with van der Waals surface area (Å²) in [6, 6.07) is 1.16. The molecule has 0 spiro atoms. The van der Waals surface area contributed by atoms with Crippen LogP contribution in [0.3, 0.4) is 0 Å². The summed E-state index contributed by atoms with van der Waals surface area (Å²) >= 11 is 0. The second-order valence-corrected chi connectivity index (χ2v) is 17.3. The van der Waals surface area contributed by atoms with Gasteiger partial charge in [-0.3, -0.25) is 0 Å². The molecule has 7 nitrogen and oxygen atoms in total. The van der Waals surface area contributed by atoms with Gasteiger partial charge < -0.3 is 19.4 Å². The van der Waals surface area contributed by atoms with Gasteiger partial charge in [-0.05, 0) is 93.5 Å². The lowest BCUT2D eigenvalue weighted by Crippen LogP contribution is -2.47. The van der Waals surface area contributed by atoms with Crippen molar-refractivity contribution >= 4 is 11.9 Å². The Labute approximate surface area is 258 Å². The van der Waals surface area contributed by atoms with Crippen LogP contribution < -0.4 is 9.80 Å². The lowest BCUT2D eigenvalue weighted by molar-refractivity contribution is 0.0349. The molecule has 0 N–H and O–H groups in total. The van der Waals surface area contributed by atoms with Gasteiger partial charge in [0.25, 0.3) is 0 Å². The van der Waals surface area contributed by atoms with E-state index in [0.717, 1.165) is 50.6 Å². The van der Waals surface area contributed by atoms with E-state index in [2.05, 4.69) is 77.1 Å². The van der Waals surface area contributed by atoms with Crippen molar-refractivity contribution in [2.75, 3.05) is 56.2 Å². The van der Waals surface area contributed by atoms with Crippen molar-refractivity contribution in [3.05, 3.63) is 5.82 Å². The van der Waals surface area contributed by atoms with Gasteiger partial charge in [-0.25, -0.2) is 0 Å². The smallest absolute Gasteiger partial charge is 0.230 e. The summed E-state index contributed by atoms with van der Waals surface area (Å²) in [5, 5.41) is 0. The molecular formula is C35H64N6O. The van der Waals surface area contributed by atoms with Crippen LogP contribution in [0.1, 0.15) is 125 Å². The van der Waals surface area contributed by atoms with E-state index in [-0.39, 0.29) is 0 Å². The van der Waals surface area contributed by atoms with E-state index in [1.165, 1.54) is 70.8 Å². The maximum Gasteiger partial charge on any atom is 0.230 e. The highest BCUT2D eigenvalue weighted by molar-refractivity contribution is 5.40. The van der Waals surface area contributed by atoms with Gasteiger partial charge in [-0.1, -0.05) is 68.2 Å². The van der Waals surface area contributed by atoms with Crippen molar-refractivity contribution in [2.24, 2.45) is 21.7 Å². The van der Waals surface area contributed by atoms with E-state index >= 15 is 0 Å². The minimum absolute atomic E-state index is 0.312. The molecule has 1 aromatic heterocycles. The van der Waals surface area contributed by atoms with Crippen molar-refractivity contribution in [1.29, 1.82) is 0 Å². The van der Waals surface area contributed by atoms with Crippen LogP contribution in [0.4, 0.5) is 11.9 Å². The van der Waals surface area contributed by atoms with Crippen molar-refractivity contribution in [3.8, 4) is 0 Å². The molecule has 2 aliphatic carbocycles. The highest BCUT2D eigenvalue weighted by atomic mass is 16.5. The Morgan fingerprint density at radius 1 is 0.690 bits per heavy atom. The molecule has 1 aromatic rings. The molecule has 0 aromatic carbocycles. The van der Waals surface area contributed by atoms with Crippen molar-refractivity contribution in [1.82, 2.24) is 19.9 Å². The SMILES string of the molecule is Cc1nc(N2CCOCC2)nc(N(CCCCCCN(C)C2CC(C)(C)CC(C)(C)C2)C2CC(C)(C)CC(C)(C)C2)n1. The number of morpholine rings is 1. The monoisotopic (exact) mass is 585 g/mol. The Bertz CT molecular complexity index is 983. The summed E-state index contributed by atoms with van der Waals surface area (Å²) in [4.78, 5) is 22.3. The van der Waals surface area contributed by atoms with Gasteiger partial charge in [0.1, 0.15) is 5.82 Å². The zero-order valence-electron chi connectivity index (χ0n) is 29.1. The van der Waals surface area contributed by atoms with Crippen molar-refractivity contribution in [3.63, 3.8) is 0 Å². The van der Waals surface area contributed by atoms with E-state index in [1.807, 2.05) is 6.92 Å². The van der Waals surface area contributed by atoms with Crippen LogP contribution in [-0.4, -0.2) is 78.4 Å². The number of anilines is 2. The third-order valence-electron chi connectivity index (χ3n) is 10.1. The minimum Gasteiger partial charge on any atom is -0.378 e. The fourth-order valence-corrected chi connectivity index (χ4v) is 9.22. The van der Waals surface area contributed by atoms with Gasteiger partial charge in [0.05, 0.1) is 13.2 Å². The maximum atomic E-state index is 5.60. The molecule has 3 aliphatic rings. The van der Waals surface area contributed by atoms with Gasteiger partial charge in [0, 0.05) is 31.7 Å². The molecule has 2 heterocycles. The molecule has 3 fully saturated rings. The summed E-state index contributed by atoms with van der Waals surface area (Å²) in [6.45, 7) is 27.1. The lowest BCUT2D eigenvalue weighted by Gasteiger charge is -2.48. The zero-order chi connectivity index (χ0) is 30.8. The molecule has 0 amide bonds. The topological polar surface area (TPSA) is 57.6 Å². The molecule has 0 radical (unpaired) electrons. The van der Waals surface area contributed by atoms with E-state index in [1.54, 1.807) is 0 Å². The molecule has 240 valence electrons. The second-order valence-electron chi connectivity index (χ2n) is 17.3. The zero-order valence-corrected chi connectivity index (χ0v) is 29.1. The second kappa shape index (κ2) is 13.3. The van der Waals surface area contributed by atoms with Crippen LogP contribution in [0.15, 0.2) is 0 Å².